The van der Waals surface area contributed by atoms with Crippen molar-refractivity contribution in [1.29, 1.82) is 0 Å². The number of hydrogen-bond donors (Lipinski definition) is 2. The molecule has 2 N–H and O–H groups in total. The second kappa shape index (κ2) is 7.74. The molecule has 26 heavy (non-hydrogen) atoms. The van der Waals surface area contributed by atoms with Crippen molar-refractivity contribution < 1.29 is 19.8 Å². The smallest absolute Gasteiger partial charge is 0.303 e. The summed E-state index contributed by atoms with van der Waals surface area (Å²) in [5.74, 6) is -1.13. The molecule has 0 aliphatic rings. The largest absolute Gasteiger partial charge is 0.506 e. The van der Waals surface area contributed by atoms with Crippen LogP contribution in [0.4, 0.5) is 0 Å². The number of carboxylic acid groups (broad SMARTS) is 1. The molecule has 6 nitrogen and oxygen atoms in total. The molecule has 0 amide bonds. The number of ketones is 1. The molecule has 0 bridgehead atoms. The maximum atomic E-state index is 11.8. The fourth-order valence-electron chi connectivity index (χ4n) is 2.78. The predicted molar refractivity (Wildman–Crippen MR) is 96.8 cm³/mol. The van der Waals surface area contributed by atoms with Gasteiger partial charge in [-0.2, -0.15) is 0 Å². The van der Waals surface area contributed by atoms with E-state index < -0.39 is 5.97 Å². The highest BCUT2D eigenvalue weighted by Crippen LogP contribution is 2.28. The van der Waals surface area contributed by atoms with Crippen molar-refractivity contribution in [2.75, 3.05) is 0 Å². The van der Waals surface area contributed by atoms with Gasteiger partial charge < -0.3 is 10.2 Å². The van der Waals surface area contributed by atoms with E-state index in [9.17, 15) is 14.7 Å². The van der Waals surface area contributed by atoms with Crippen LogP contribution < -0.4 is 0 Å². The number of carbonyl (C=O) groups is 2. The van der Waals surface area contributed by atoms with Gasteiger partial charge >= 0.3 is 5.97 Å². The number of nitrogens with zero attached hydrogens (tertiary/aromatic N) is 2. The fourth-order valence-corrected chi connectivity index (χ4v) is 2.78. The summed E-state index contributed by atoms with van der Waals surface area (Å²) < 4.78 is 0. The molecule has 0 saturated heterocycles. The number of aromatic hydroxyl groups is 1. The monoisotopic (exact) mass is 350 g/mol. The molecule has 0 spiro atoms. The van der Waals surface area contributed by atoms with Crippen LogP contribution in [0.2, 0.25) is 0 Å². The van der Waals surface area contributed by atoms with Crippen molar-refractivity contribution in [2.45, 2.75) is 25.7 Å². The minimum atomic E-state index is -0.995. The third kappa shape index (κ3) is 4.03. The van der Waals surface area contributed by atoms with Crippen molar-refractivity contribution in [2.24, 2.45) is 0 Å². The minimum Gasteiger partial charge on any atom is -0.506 e. The maximum absolute atomic E-state index is 11.8. The summed E-state index contributed by atoms with van der Waals surface area (Å²) >= 11 is 0. The van der Waals surface area contributed by atoms with Crippen LogP contribution in [0.1, 0.15) is 25.0 Å². The Kier molecular flexibility index (Phi) is 5.22. The first-order valence-corrected chi connectivity index (χ1v) is 8.31. The minimum absolute atomic E-state index is 0.00915. The van der Waals surface area contributed by atoms with E-state index in [4.69, 9.17) is 5.11 Å². The number of hydrogen-bond acceptors (Lipinski definition) is 5. The lowest BCUT2D eigenvalue weighted by Crippen LogP contribution is -2.05. The molecule has 1 aromatic carbocycles. The molecule has 0 unspecified atom stereocenters. The molecule has 3 rings (SSSR count). The fraction of sp³-hybridized carbons (Fsp3) is 0.200. The molecule has 6 heteroatoms. The number of benzene rings is 1. The van der Waals surface area contributed by atoms with Gasteiger partial charge in [-0.3, -0.25) is 14.6 Å². The summed E-state index contributed by atoms with van der Waals surface area (Å²) in [7, 11) is 0. The first-order chi connectivity index (χ1) is 12.5. The van der Waals surface area contributed by atoms with Crippen molar-refractivity contribution in [3.05, 3.63) is 54.4 Å². The van der Waals surface area contributed by atoms with Crippen LogP contribution in [-0.4, -0.2) is 31.9 Å². The molecule has 0 fully saturated rings. The van der Waals surface area contributed by atoms with Crippen LogP contribution in [0.25, 0.3) is 22.2 Å². The second-order valence-electron chi connectivity index (χ2n) is 5.97. The number of aliphatic carboxylic acids is 1. The van der Waals surface area contributed by atoms with Crippen LogP contribution in [-0.2, 0) is 16.0 Å². The molecule has 132 valence electrons. The Hall–Kier alpha value is -3.28. The molecule has 2 aromatic heterocycles. The molecule has 0 aliphatic carbocycles. The lowest BCUT2D eigenvalue weighted by atomic mass is 10.0. The van der Waals surface area contributed by atoms with E-state index in [2.05, 4.69) is 9.97 Å². The number of fused-ring (bicyclic) bond motifs is 1. The zero-order valence-corrected chi connectivity index (χ0v) is 14.1. The van der Waals surface area contributed by atoms with Crippen LogP contribution in [0.5, 0.6) is 5.75 Å². The van der Waals surface area contributed by atoms with Crippen LogP contribution in [0.3, 0.4) is 0 Å². The Labute approximate surface area is 150 Å². The Morgan fingerprint density at radius 3 is 2.62 bits per heavy atom. The zero-order valence-electron chi connectivity index (χ0n) is 14.1. The maximum Gasteiger partial charge on any atom is 0.303 e. The van der Waals surface area contributed by atoms with Gasteiger partial charge in [0, 0.05) is 36.4 Å². The van der Waals surface area contributed by atoms with Gasteiger partial charge in [-0.05, 0) is 24.3 Å². The summed E-state index contributed by atoms with van der Waals surface area (Å²) in [6.07, 6.45) is 1.95. The van der Waals surface area contributed by atoms with Gasteiger partial charge in [-0.25, -0.2) is 4.98 Å². The number of carbonyl (C=O) groups excluding carboxylic acids is 1. The molecular formula is C20H18N2O4. The molecule has 0 atom stereocenters. The lowest BCUT2D eigenvalue weighted by Gasteiger charge is -2.09. The van der Waals surface area contributed by atoms with Gasteiger partial charge in [0.1, 0.15) is 11.5 Å². The third-order valence-corrected chi connectivity index (χ3v) is 4.13. The second-order valence-corrected chi connectivity index (χ2v) is 5.97. The number of Topliss-reactive ketones (excluding diaryl/α,β-unsaturated/α-hetero) is 1. The Morgan fingerprint density at radius 1 is 0.962 bits per heavy atom. The molecule has 3 aromatic rings. The van der Waals surface area contributed by atoms with Crippen LogP contribution >= 0.6 is 0 Å². The van der Waals surface area contributed by atoms with Gasteiger partial charge in [0.15, 0.2) is 0 Å². The summed E-state index contributed by atoms with van der Waals surface area (Å²) in [5.41, 5.74) is 2.86. The third-order valence-electron chi connectivity index (χ3n) is 4.13. The number of aryl methyl sites for hydroxylation is 1. The van der Waals surface area contributed by atoms with E-state index in [0.29, 0.717) is 11.4 Å². The normalized spacial score (nSPS) is 10.8. The van der Waals surface area contributed by atoms with E-state index in [-0.39, 0.29) is 37.2 Å². The quantitative estimate of drug-likeness (QED) is 0.677. The van der Waals surface area contributed by atoms with Crippen molar-refractivity contribution >= 4 is 22.7 Å². The summed E-state index contributed by atoms with van der Waals surface area (Å²) in [5, 5.41) is 19.6. The first kappa shape index (κ1) is 17.5. The summed E-state index contributed by atoms with van der Waals surface area (Å²) in [6, 6.07) is 12.9. The topological polar surface area (TPSA) is 100 Å². The van der Waals surface area contributed by atoms with Crippen molar-refractivity contribution in [3.8, 4) is 17.0 Å². The van der Waals surface area contributed by atoms with Crippen molar-refractivity contribution in [3.63, 3.8) is 0 Å². The van der Waals surface area contributed by atoms with E-state index >= 15 is 0 Å². The van der Waals surface area contributed by atoms with E-state index in [1.807, 2.05) is 30.3 Å². The average Bonchev–Trinajstić information content (AvgIpc) is 2.65. The van der Waals surface area contributed by atoms with Crippen LogP contribution in [0, 0.1) is 0 Å². The van der Waals surface area contributed by atoms with Crippen LogP contribution in [0.15, 0.2) is 48.7 Å². The van der Waals surface area contributed by atoms with Crippen molar-refractivity contribution in [1.82, 2.24) is 9.97 Å². The highest BCUT2D eigenvalue weighted by molar-refractivity contribution is 5.93. The first-order valence-electron chi connectivity index (χ1n) is 8.31. The number of aromatic nitrogens is 2. The Bertz CT molecular complexity index is 964. The highest BCUT2D eigenvalue weighted by Gasteiger charge is 2.12. The van der Waals surface area contributed by atoms with E-state index in [1.54, 1.807) is 18.3 Å². The van der Waals surface area contributed by atoms with Gasteiger partial charge in [-0.15, -0.1) is 0 Å². The Balaban J connectivity index is 1.83. The number of carboxylic acids is 1. The average molecular weight is 350 g/mol. The van der Waals surface area contributed by atoms with Gasteiger partial charge in [0.25, 0.3) is 0 Å². The van der Waals surface area contributed by atoms with Gasteiger partial charge in [-0.1, -0.05) is 18.2 Å². The highest BCUT2D eigenvalue weighted by atomic mass is 16.4. The molecular weight excluding hydrogens is 332 g/mol. The van der Waals surface area contributed by atoms with E-state index in [0.717, 1.165) is 16.5 Å². The summed E-state index contributed by atoms with van der Waals surface area (Å²) in [4.78, 5) is 31.2. The van der Waals surface area contributed by atoms with E-state index in [1.165, 1.54) is 0 Å². The molecule has 0 saturated carbocycles. The van der Waals surface area contributed by atoms with Gasteiger partial charge in [0.05, 0.1) is 23.3 Å². The SMILES string of the molecule is O=C(O)CCC(=O)CCc1nc(-c2cccc3ncccc23)ccc1O. The molecule has 2 heterocycles. The molecule has 0 radical (unpaired) electrons. The zero-order chi connectivity index (χ0) is 18.5. The standard InChI is InChI=1S/C20H18N2O4/c23-13(7-11-20(25)26)6-8-18-19(24)10-9-17(22-18)15-3-1-5-16-14(15)4-2-12-21-16/h1-5,9-10,12,24H,6-8,11H2,(H,25,26). The Morgan fingerprint density at radius 2 is 1.81 bits per heavy atom. The summed E-state index contributed by atoms with van der Waals surface area (Å²) in [6.45, 7) is 0. The number of pyridine rings is 2. The number of rotatable bonds is 7. The lowest BCUT2D eigenvalue weighted by molar-refractivity contribution is -0.138. The molecule has 0 aliphatic heterocycles. The predicted octanol–water partition coefficient (Wildman–Crippen LogP) is 3.37. The van der Waals surface area contributed by atoms with Gasteiger partial charge in [0.2, 0.25) is 0 Å².